The van der Waals surface area contributed by atoms with Gasteiger partial charge in [0.2, 0.25) is 5.75 Å². The van der Waals surface area contributed by atoms with E-state index in [9.17, 15) is 4.79 Å². The van der Waals surface area contributed by atoms with Gasteiger partial charge < -0.3 is 19.1 Å². The van der Waals surface area contributed by atoms with Crippen molar-refractivity contribution in [1.29, 1.82) is 0 Å². The Labute approximate surface area is 125 Å². The van der Waals surface area contributed by atoms with E-state index in [0.717, 1.165) is 19.5 Å². The molecular formula is C16H23NO4. The molecule has 1 aliphatic heterocycles. The molecule has 1 saturated heterocycles. The number of benzene rings is 1. The summed E-state index contributed by atoms with van der Waals surface area (Å²) in [6.07, 6.45) is 2.23. The molecule has 1 aromatic carbocycles. The standard InChI is InChI=1S/C16H23NO4/c1-11-6-5-7-17(10-11)16(18)12-8-13(19-2)15(21-4)14(9-12)20-3/h8-9,11H,5-7,10H2,1-4H3/t11-/m0/s1. The third kappa shape index (κ3) is 3.23. The van der Waals surface area contributed by atoms with Crippen LogP contribution in [0.15, 0.2) is 12.1 Å². The minimum atomic E-state index is 0.0146. The Hall–Kier alpha value is -1.91. The Balaban J connectivity index is 2.32. The van der Waals surface area contributed by atoms with Crippen LogP contribution in [0.2, 0.25) is 0 Å². The average molecular weight is 293 g/mol. The van der Waals surface area contributed by atoms with Crippen molar-refractivity contribution in [2.45, 2.75) is 19.8 Å². The molecule has 1 heterocycles. The summed E-state index contributed by atoms with van der Waals surface area (Å²) in [5.41, 5.74) is 0.568. The minimum Gasteiger partial charge on any atom is -0.493 e. The number of ether oxygens (including phenoxy) is 3. The van der Waals surface area contributed by atoms with Gasteiger partial charge >= 0.3 is 0 Å². The fourth-order valence-electron chi connectivity index (χ4n) is 2.76. The van der Waals surface area contributed by atoms with Crippen LogP contribution >= 0.6 is 0 Å². The van der Waals surface area contributed by atoms with Crippen molar-refractivity contribution in [3.63, 3.8) is 0 Å². The smallest absolute Gasteiger partial charge is 0.254 e. The molecule has 0 spiro atoms. The Morgan fingerprint density at radius 1 is 1.14 bits per heavy atom. The van der Waals surface area contributed by atoms with Gasteiger partial charge in [-0.2, -0.15) is 0 Å². The molecule has 0 saturated carbocycles. The number of carbonyl (C=O) groups is 1. The van der Waals surface area contributed by atoms with E-state index < -0.39 is 0 Å². The lowest BCUT2D eigenvalue weighted by Gasteiger charge is -2.31. The number of piperidine rings is 1. The van der Waals surface area contributed by atoms with Crippen molar-refractivity contribution in [2.75, 3.05) is 34.4 Å². The Kier molecular flexibility index (Phi) is 4.94. The zero-order chi connectivity index (χ0) is 15.4. The van der Waals surface area contributed by atoms with Crippen LogP contribution in [-0.4, -0.2) is 45.2 Å². The van der Waals surface area contributed by atoms with Crippen molar-refractivity contribution in [3.8, 4) is 17.2 Å². The highest BCUT2D eigenvalue weighted by atomic mass is 16.5. The van der Waals surface area contributed by atoms with Crippen LogP contribution in [0.3, 0.4) is 0 Å². The van der Waals surface area contributed by atoms with Crippen LogP contribution in [0, 0.1) is 5.92 Å². The molecule has 116 valence electrons. The highest BCUT2D eigenvalue weighted by Gasteiger charge is 2.24. The summed E-state index contributed by atoms with van der Waals surface area (Å²) < 4.78 is 15.9. The molecule has 0 bridgehead atoms. The van der Waals surface area contributed by atoms with Gasteiger partial charge in [-0.1, -0.05) is 6.92 Å². The Morgan fingerprint density at radius 2 is 1.76 bits per heavy atom. The summed E-state index contributed by atoms with van der Waals surface area (Å²) in [7, 11) is 4.65. The molecule has 0 aliphatic carbocycles. The predicted octanol–water partition coefficient (Wildman–Crippen LogP) is 2.58. The van der Waals surface area contributed by atoms with E-state index in [-0.39, 0.29) is 5.91 Å². The SMILES string of the molecule is COc1cc(C(=O)N2CCC[C@H](C)C2)cc(OC)c1OC. The molecule has 0 unspecified atom stereocenters. The second-order valence-corrected chi connectivity index (χ2v) is 5.41. The van der Waals surface area contributed by atoms with E-state index in [4.69, 9.17) is 14.2 Å². The Morgan fingerprint density at radius 3 is 2.24 bits per heavy atom. The first-order valence-corrected chi connectivity index (χ1v) is 7.20. The summed E-state index contributed by atoms with van der Waals surface area (Å²) in [4.78, 5) is 14.6. The molecule has 5 heteroatoms. The first kappa shape index (κ1) is 15.5. The van der Waals surface area contributed by atoms with Gasteiger partial charge in [0, 0.05) is 18.7 Å². The molecule has 0 radical (unpaired) electrons. The lowest BCUT2D eigenvalue weighted by Crippen LogP contribution is -2.39. The van der Waals surface area contributed by atoms with Gasteiger partial charge in [-0.3, -0.25) is 4.79 Å². The van der Waals surface area contributed by atoms with E-state index in [1.54, 1.807) is 33.5 Å². The normalized spacial score (nSPS) is 18.3. The molecule has 1 atom stereocenters. The maximum atomic E-state index is 12.7. The van der Waals surface area contributed by atoms with Gasteiger partial charge in [0.25, 0.3) is 5.91 Å². The van der Waals surface area contributed by atoms with Gasteiger partial charge in [-0.15, -0.1) is 0 Å². The molecule has 1 aliphatic rings. The lowest BCUT2D eigenvalue weighted by molar-refractivity contribution is 0.0682. The van der Waals surface area contributed by atoms with E-state index in [1.807, 2.05) is 4.90 Å². The van der Waals surface area contributed by atoms with Crippen molar-refractivity contribution < 1.29 is 19.0 Å². The molecule has 1 fully saturated rings. The number of carbonyl (C=O) groups excluding carboxylic acids is 1. The molecule has 21 heavy (non-hydrogen) atoms. The topological polar surface area (TPSA) is 48.0 Å². The van der Waals surface area contributed by atoms with Crippen LogP contribution in [0.4, 0.5) is 0 Å². The zero-order valence-corrected chi connectivity index (χ0v) is 13.1. The van der Waals surface area contributed by atoms with Crippen LogP contribution in [0.5, 0.6) is 17.2 Å². The third-order valence-electron chi connectivity index (χ3n) is 3.86. The molecule has 0 aromatic heterocycles. The maximum absolute atomic E-state index is 12.7. The predicted molar refractivity (Wildman–Crippen MR) is 80.4 cm³/mol. The fourth-order valence-corrected chi connectivity index (χ4v) is 2.76. The summed E-state index contributed by atoms with van der Waals surface area (Å²) in [6, 6.07) is 3.42. The van der Waals surface area contributed by atoms with Crippen LogP contribution < -0.4 is 14.2 Å². The van der Waals surface area contributed by atoms with Crippen LogP contribution in [-0.2, 0) is 0 Å². The van der Waals surface area contributed by atoms with E-state index in [1.165, 1.54) is 6.42 Å². The van der Waals surface area contributed by atoms with Gasteiger partial charge in [0.1, 0.15) is 0 Å². The summed E-state index contributed by atoms with van der Waals surface area (Å²) in [6.45, 7) is 3.78. The maximum Gasteiger partial charge on any atom is 0.254 e. The van der Waals surface area contributed by atoms with Gasteiger partial charge in [-0.25, -0.2) is 0 Å². The molecule has 2 rings (SSSR count). The minimum absolute atomic E-state index is 0.0146. The molecule has 1 aromatic rings. The van der Waals surface area contributed by atoms with Gasteiger partial charge in [0.05, 0.1) is 21.3 Å². The first-order valence-electron chi connectivity index (χ1n) is 7.20. The van der Waals surface area contributed by atoms with Gasteiger partial charge in [-0.05, 0) is 30.9 Å². The fraction of sp³-hybridized carbons (Fsp3) is 0.562. The lowest BCUT2D eigenvalue weighted by atomic mass is 9.99. The second-order valence-electron chi connectivity index (χ2n) is 5.41. The number of likely N-dealkylation sites (tertiary alicyclic amines) is 1. The molecule has 0 N–H and O–H groups in total. The third-order valence-corrected chi connectivity index (χ3v) is 3.86. The van der Waals surface area contributed by atoms with Crippen molar-refractivity contribution in [1.82, 2.24) is 4.90 Å². The molecule has 1 amide bonds. The van der Waals surface area contributed by atoms with Crippen LogP contribution in [0.25, 0.3) is 0 Å². The van der Waals surface area contributed by atoms with Crippen molar-refractivity contribution >= 4 is 5.91 Å². The first-order chi connectivity index (χ1) is 10.1. The molecule has 5 nitrogen and oxygen atoms in total. The number of hydrogen-bond acceptors (Lipinski definition) is 4. The quantitative estimate of drug-likeness (QED) is 0.856. The largest absolute Gasteiger partial charge is 0.493 e. The van der Waals surface area contributed by atoms with E-state index in [0.29, 0.717) is 28.7 Å². The van der Waals surface area contributed by atoms with E-state index in [2.05, 4.69) is 6.92 Å². The summed E-state index contributed by atoms with van der Waals surface area (Å²) >= 11 is 0. The summed E-state index contributed by atoms with van der Waals surface area (Å²) in [5.74, 6) is 2.07. The van der Waals surface area contributed by atoms with Crippen molar-refractivity contribution in [3.05, 3.63) is 17.7 Å². The average Bonchev–Trinajstić information content (AvgIpc) is 2.52. The van der Waals surface area contributed by atoms with E-state index >= 15 is 0 Å². The number of hydrogen-bond donors (Lipinski definition) is 0. The zero-order valence-electron chi connectivity index (χ0n) is 13.1. The number of nitrogens with zero attached hydrogens (tertiary/aromatic N) is 1. The van der Waals surface area contributed by atoms with Gasteiger partial charge in [0.15, 0.2) is 11.5 Å². The molecular weight excluding hydrogens is 270 g/mol. The summed E-state index contributed by atoms with van der Waals surface area (Å²) in [5, 5.41) is 0. The highest BCUT2D eigenvalue weighted by molar-refractivity contribution is 5.95. The highest BCUT2D eigenvalue weighted by Crippen LogP contribution is 2.38. The second kappa shape index (κ2) is 6.70. The monoisotopic (exact) mass is 293 g/mol. The number of rotatable bonds is 4. The van der Waals surface area contributed by atoms with Crippen molar-refractivity contribution in [2.24, 2.45) is 5.92 Å². The Bertz CT molecular complexity index is 490. The van der Waals surface area contributed by atoms with Crippen LogP contribution in [0.1, 0.15) is 30.1 Å². The number of methoxy groups -OCH3 is 3. The number of amides is 1.